The maximum Gasteiger partial charge on any atom is 0.123 e. The van der Waals surface area contributed by atoms with Crippen molar-refractivity contribution in [1.29, 1.82) is 0 Å². The molecular weight excluding hydrogens is 189 g/mol. The van der Waals surface area contributed by atoms with Crippen LogP contribution in [0.3, 0.4) is 0 Å². The van der Waals surface area contributed by atoms with E-state index in [1.807, 2.05) is 13.1 Å². The molecule has 0 bridgehead atoms. The fourth-order valence-corrected chi connectivity index (χ4v) is 1.70. The van der Waals surface area contributed by atoms with Crippen LogP contribution in [0.25, 0.3) is 0 Å². The molecule has 1 N–H and O–H groups in total. The molecule has 0 aliphatic heterocycles. The Kier molecular flexibility index (Phi) is 4.76. The molecule has 0 spiro atoms. The maximum atomic E-state index is 13.0. The minimum absolute atomic E-state index is 0.155. The molecule has 1 unspecified atom stereocenters. The van der Waals surface area contributed by atoms with Gasteiger partial charge in [-0.25, -0.2) is 4.39 Å². The smallest absolute Gasteiger partial charge is 0.123 e. The Morgan fingerprint density at radius 1 is 1.27 bits per heavy atom. The molecule has 84 valence electrons. The van der Waals surface area contributed by atoms with E-state index in [1.54, 1.807) is 12.1 Å². The first-order valence-corrected chi connectivity index (χ1v) is 5.56. The standard InChI is InChI=1S/C13H20FN/c1-10(2)7-8-13(15-3)11-5-4-6-12(14)9-11/h4-6,9-10,13,15H,7-8H2,1-3H3. The Balaban J connectivity index is 2.65. The summed E-state index contributed by atoms with van der Waals surface area (Å²) < 4.78 is 13.0. The first-order chi connectivity index (χ1) is 7.13. The van der Waals surface area contributed by atoms with Crippen LogP contribution in [0, 0.1) is 11.7 Å². The van der Waals surface area contributed by atoms with Gasteiger partial charge in [0.2, 0.25) is 0 Å². The second kappa shape index (κ2) is 5.86. The van der Waals surface area contributed by atoms with Crippen molar-refractivity contribution in [2.24, 2.45) is 5.92 Å². The molecular formula is C13H20FN. The summed E-state index contributed by atoms with van der Waals surface area (Å²) in [6.45, 7) is 4.41. The Morgan fingerprint density at radius 2 is 2.00 bits per heavy atom. The average Bonchev–Trinajstić information content (AvgIpc) is 2.18. The second-order valence-corrected chi connectivity index (χ2v) is 4.37. The minimum Gasteiger partial charge on any atom is -0.313 e. The van der Waals surface area contributed by atoms with E-state index in [9.17, 15) is 4.39 Å². The predicted molar refractivity (Wildman–Crippen MR) is 62.3 cm³/mol. The highest BCUT2D eigenvalue weighted by molar-refractivity contribution is 5.19. The van der Waals surface area contributed by atoms with Crippen molar-refractivity contribution in [1.82, 2.24) is 5.32 Å². The zero-order chi connectivity index (χ0) is 11.3. The fourth-order valence-electron chi connectivity index (χ4n) is 1.70. The number of benzene rings is 1. The van der Waals surface area contributed by atoms with Gasteiger partial charge in [0.05, 0.1) is 0 Å². The molecule has 1 nitrogen and oxygen atoms in total. The summed E-state index contributed by atoms with van der Waals surface area (Å²) >= 11 is 0. The van der Waals surface area contributed by atoms with Gasteiger partial charge in [0.25, 0.3) is 0 Å². The zero-order valence-corrected chi connectivity index (χ0v) is 9.76. The highest BCUT2D eigenvalue weighted by atomic mass is 19.1. The van der Waals surface area contributed by atoms with Gasteiger partial charge in [-0.3, -0.25) is 0 Å². The molecule has 1 rings (SSSR count). The molecule has 0 aliphatic carbocycles. The number of hydrogen-bond acceptors (Lipinski definition) is 1. The second-order valence-electron chi connectivity index (χ2n) is 4.37. The summed E-state index contributed by atoms with van der Waals surface area (Å²) in [6, 6.07) is 7.11. The topological polar surface area (TPSA) is 12.0 Å². The van der Waals surface area contributed by atoms with Crippen LogP contribution in [-0.2, 0) is 0 Å². The van der Waals surface area contributed by atoms with Crippen LogP contribution >= 0.6 is 0 Å². The third-order valence-corrected chi connectivity index (χ3v) is 2.63. The first kappa shape index (κ1) is 12.2. The molecule has 0 fully saturated rings. The van der Waals surface area contributed by atoms with Crippen LogP contribution in [0.1, 0.15) is 38.3 Å². The summed E-state index contributed by atoms with van der Waals surface area (Å²) in [5.41, 5.74) is 1.04. The molecule has 0 radical (unpaired) electrons. The van der Waals surface area contributed by atoms with Crippen molar-refractivity contribution in [3.63, 3.8) is 0 Å². The van der Waals surface area contributed by atoms with Gasteiger partial charge in [-0.1, -0.05) is 26.0 Å². The van der Waals surface area contributed by atoms with Crippen LogP contribution in [0.4, 0.5) is 4.39 Å². The van der Waals surface area contributed by atoms with Gasteiger partial charge in [-0.15, -0.1) is 0 Å². The van der Waals surface area contributed by atoms with E-state index in [1.165, 1.54) is 6.07 Å². The normalized spacial score (nSPS) is 13.1. The minimum atomic E-state index is -0.155. The number of halogens is 1. The van der Waals surface area contributed by atoms with Crippen LogP contribution < -0.4 is 5.32 Å². The molecule has 1 aromatic carbocycles. The molecule has 0 aromatic heterocycles. The van der Waals surface area contributed by atoms with Gasteiger partial charge in [0.15, 0.2) is 0 Å². The van der Waals surface area contributed by atoms with E-state index in [0.717, 1.165) is 18.4 Å². The average molecular weight is 209 g/mol. The highest BCUT2D eigenvalue weighted by Gasteiger charge is 2.10. The Bertz CT molecular complexity index is 296. The van der Waals surface area contributed by atoms with Crippen LogP contribution in [-0.4, -0.2) is 7.05 Å². The first-order valence-electron chi connectivity index (χ1n) is 5.56. The molecule has 0 saturated heterocycles. The molecule has 0 saturated carbocycles. The highest BCUT2D eigenvalue weighted by Crippen LogP contribution is 2.21. The zero-order valence-electron chi connectivity index (χ0n) is 9.76. The van der Waals surface area contributed by atoms with Crippen molar-refractivity contribution < 1.29 is 4.39 Å². The van der Waals surface area contributed by atoms with Crippen molar-refractivity contribution in [3.05, 3.63) is 35.6 Å². The lowest BCUT2D eigenvalue weighted by molar-refractivity contribution is 0.463. The Labute approximate surface area is 91.7 Å². The van der Waals surface area contributed by atoms with E-state index < -0.39 is 0 Å². The van der Waals surface area contributed by atoms with Gasteiger partial charge in [-0.2, -0.15) is 0 Å². The molecule has 0 heterocycles. The Hall–Kier alpha value is -0.890. The lowest BCUT2D eigenvalue weighted by atomic mass is 9.98. The fraction of sp³-hybridized carbons (Fsp3) is 0.538. The summed E-state index contributed by atoms with van der Waals surface area (Å²) in [7, 11) is 1.93. The maximum absolute atomic E-state index is 13.0. The van der Waals surface area contributed by atoms with Gasteiger partial charge < -0.3 is 5.32 Å². The molecule has 0 aliphatic rings. The van der Waals surface area contributed by atoms with E-state index >= 15 is 0 Å². The summed E-state index contributed by atoms with van der Waals surface area (Å²) in [5.74, 6) is 0.534. The summed E-state index contributed by atoms with van der Waals surface area (Å²) in [5, 5.41) is 3.23. The number of rotatable bonds is 5. The van der Waals surface area contributed by atoms with Gasteiger partial charge in [-0.05, 0) is 43.5 Å². The predicted octanol–water partition coefficient (Wildman–Crippen LogP) is 3.52. The van der Waals surface area contributed by atoms with E-state index in [-0.39, 0.29) is 11.9 Å². The largest absolute Gasteiger partial charge is 0.313 e. The van der Waals surface area contributed by atoms with Gasteiger partial charge in [0, 0.05) is 6.04 Å². The SMILES string of the molecule is CNC(CCC(C)C)c1cccc(F)c1. The molecule has 1 aromatic rings. The van der Waals surface area contributed by atoms with Crippen molar-refractivity contribution in [2.75, 3.05) is 7.05 Å². The lowest BCUT2D eigenvalue weighted by Gasteiger charge is -2.17. The van der Waals surface area contributed by atoms with Crippen LogP contribution in [0.5, 0.6) is 0 Å². The summed E-state index contributed by atoms with van der Waals surface area (Å²) in [4.78, 5) is 0. The van der Waals surface area contributed by atoms with E-state index in [0.29, 0.717) is 5.92 Å². The van der Waals surface area contributed by atoms with Crippen LogP contribution in [0.2, 0.25) is 0 Å². The molecule has 2 heteroatoms. The summed E-state index contributed by atoms with van der Waals surface area (Å²) in [6.07, 6.45) is 2.21. The monoisotopic (exact) mass is 209 g/mol. The quantitative estimate of drug-likeness (QED) is 0.782. The number of hydrogen-bond donors (Lipinski definition) is 1. The van der Waals surface area contributed by atoms with Crippen molar-refractivity contribution in [2.45, 2.75) is 32.7 Å². The van der Waals surface area contributed by atoms with Crippen LogP contribution in [0.15, 0.2) is 24.3 Å². The molecule has 15 heavy (non-hydrogen) atoms. The molecule has 0 amide bonds. The molecule has 1 atom stereocenters. The lowest BCUT2D eigenvalue weighted by Crippen LogP contribution is -2.17. The van der Waals surface area contributed by atoms with E-state index in [2.05, 4.69) is 19.2 Å². The van der Waals surface area contributed by atoms with Gasteiger partial charge in [0.1, 0.15) is 5.82 Å². The van der Waals surface area contributed by atoms with Crippen molar-refractivity contribution in [3.8, 4) is 0 Å². The number of nitrogens with one attached hydrogen (secondary N) is 1. The van der Waals surface area contributed by atoms with Gasteiger partial charge >= 0.3 is 0 Å². The third kappa shape index (κ3) is 4.00. The Morgan fingerprint density at radius 3 is 2.53 bits per heavy atom. The van der Waals surface area contributed by atoms with E-state index in [4.69, 9.17) is 0 Å². The third-order valence-electron chi connectivity index (χ3n) is 2.63. The van der Waals surface area contributed by atoms with Crippen molar-refractivity contribution >= 4 is 0 Å².